The maximum Gasteiger partial charge on any atom is 0.425 e. The van der Waals surface area contributed by atoms with Crippen LogP contribution in [0.25, 0.3) is 0 Å². The molecule has 158 valence electrons. The summed E-state index contributed by atoms with van der Waals surface area (Å²) < 4.78 is 98.9. The van der Waals surface area contributed by atoms with Crippen molar-refractivity contribution in [1.82, 2.24) is 10.1 Å². The van der Waals surface area contributed by atoms with Crippen molar-refractivity contribution < 1.29 is 35.1 Å². The molecule has 0 aromatic carbocycles. The highest BCUT2D eigenvalue weighted by Crippen LogP contribution is 2.70. The molecule has 11 heteroatoms. The average Bonchev–Trinajstić information content (AvgIpc) is 3.00. The third kappa shape index (κ3) is 2.99. The molecule has 1 aromatic heterocycles. The highest BCUT2D eigenvalue weighted by atomic mass is 32.2. The van der Waals surface area contributed by atoms with E-state index in [1.54, 1.807) is 0 Å². The van der Waals surface area contributed by atoms with Crippen LogP contribution in [0.5, 0.6) is 0 Å². The Morgan fingerprint density at radius 1 is 1.18 bits per heavy atom. The predicted molar refractivity (Wildman–Crippen MR) is 86.8 cm³/mol. The van der Waals surface area contributed by atoms with Crippen LogP contribution in [-0.4, -0.2) is 38.9 Å². The van der Waals surface area contributed by atoms with Gasteiger partial charge >= 0.3 is 6.18 Å². The minimum Gasteiger partial charge on any atom is -0.339 e. The van der Waals surface area contributed by atoms with E-state index >= 15 is 0 Å². The number of alkyl halides is 6. The van der Waals surface area contributed by atoms with Crippen LogP contribution in [0.4, 0.5) is 26.3 Å². The van der Waals surface area contributed by atoms with Crippen molar-refractivity contribution in [3.05, 3.63) is 11.7 Å². The molecule has 0 amide bonds. The number of rotatable bonds is 5. The molecular formula is C17H20F6N2O2S. The third-order valence-electron chi connectivity index (χ3n) is 6.63. The fourth-order valence-corrected chi connectivity index (χ4v) is 6.57. The number of aromatic nitrogens is 2. The number of hydrogen-bond donors (Lipinski definition) is 0. The highest BCUT2D eigenvalue weighted by Gasteiger charge is 2.73. The maximum atomic E-state index is 14.9. The Morgan fingerprint density at radius 3 is 2.32 bits per heavy atom. The molecule has 4 unspecified atom stereocenters. The normalized spacial score (nSPS) is 37.2. The van der Waals surface area contributed by atoms with Gasteiger partial charge in [0.15, 0.2) is 5.82 Å². The second-order valence-corrected chi connectivity index (χ2v) is 10.2. The van der Waals surface area contributed by atoms with Gasteiger partial charge in [-0.05, 0) is 50.4 Å². The third-order valence-corrected chi connectivity index (χ3v) is 7.29. The lowest BCUT2D eigenvalue weighted by Gasteiger charge is -2.62. The zero-order valence-corrected chi connectivity index (χ0v) is 15.9. The van der Waals surface area contributed by atoms with Crippen LogP contribution in [0, 0.1) is 17.3 Å². The Morgan fingerprint density at radius 2 is 1.79 bits per heavy atom. The summed E-state index contributed by atoms with van der Waals surface area (Å²) in [5.74, 6) is -4.68. The number of nitrogens with zero attached hydrogens (tertiary/aromatic N) is 2. The first kappa shape index (κ1) is 20.2. The summed E-state index contributed by atoms with van der Waals surface area (Å²) in [5, 5.41) is 3.75. The average molecular weight is 430 g/mol. The minimum absolute atomic E-state index is 0.0361. The molecular weight excluding hydrogens is 410 g/mol. The fourth-order valence-electron chi connectivity index (χ4n) is 6.09. The molecule has 4 aliphatic carbocycles. The predicted octanol–water partition coefficient (Wildman–Crippen LogP) is 4.32. The molecule has 0 aliphatic heterocycles. The van der Waals surface area contributed by atoms with Crippen molar-refractivity contribution in [3.8, 4) is 0 Å². The van der Waals surface area contributed by atoms with Gasteiger partial charge < -0.3 is 4.52 Å². The highest BCUT2D eigenvalue weighted by molar-refractivity contribution is 7.83. The second kappa shape index (κ2) is 6.18. The molecule has 4 fully saturated rings. The number of halogens is 6. The van der Waals surface area contributed by atoms with Gasteiger partial charge in [0.25, 0.3) is 12.1 Å². The monoisotopic (exact) mass is 430 g/mol. The smallest absolute Gasteiger partial charge is 0.339 e. The maximum absolute atomic E-state index is 14.9. The van der Waals surface area contributed by atoms with E-state index in [0.29, 0.717) is 19.3 Å². The Hall–Kier alpha value is -1.13. The summed E-state index contributed by atoms with van der Waals surface area (Å²) in [5.41, 5.74) is -3.05. The van der Waals surface area contributed by atoms with E-state index in [0.717, 1.165) is 0 Å². The SMILES string of the molecule is CS(=O)Cc1noc(C23CC4CC(C2)CC(C(F)(F)C(F)C(F)(F)F)(C4)C3)n1. The first-order valence-corrected chi connectivity index (χ1v) is 10.8. The van der Waals surface area contributed by atoms with Gasteiger partial charge in [-0.3, -0.25) is 4.21 Å². The van der Waals surface area contributed by atoms with E-state index in [2.05, 4.69) is 10.1 Å². The van der Waals surface area contributed by atoms with E-state index < -0.39 is 39.9 Å². The van der Waals surface area contributed by atoms with Crippen molar-refractivity contribution in [3.63, 3.8) is 0 Å². The second-order valence-electron chi connectivity index (χ2n) is 8.78. The number of hydrogen-bond acceptors (Lipinski definition) is 4. The van der Waals surface area contributed by atoms with Crippen LogP contribution < -0.4 is 0 Å². The van der Waals surface area contributed by atoms with Crippen LogP contribution >= 0.6 is 0 Å². The quantitative estimate of drug-likeness (QED) is 0.653. The van der Waals surface area contributed by atoms with Crippen LogP contribution in [0.2, 0.25) is 0 Å². The van der Waals surface area contributed by atoms with Gasteiger partial charge in [0, 0.05) is 22.5 Å². The van der Waals surface area contributed by atoms with E-state index in [-0.39, 0.29) is 48.6 Å². The van der Waals surface area contributed by atoms with Gasteiger partial charge in [-0.2, -0.15) is 18.2 Å². The molecule has 4 atom stereocenters. The van der Waals surface area contributed by atoms with Crippen molar-refractivity contribution in [2.24, 2.45) is 17.3 Å². The van der Waals surface area contributed by atoms with Crippen molar-refractivity contribution in [2.75, 3.05) is 6.26 Å². The molecule has 0 radical (unpaired) electrons. The molecule has 0 N–H and O–H groups in total. The lowest BCUT2D eigenvalue weighted by Crippen LogP contribution is -2.64. The summed E-state index contributed by atoms with van der Waals surface area (Å²) in [7, 11) is -1.23. The summed E-state index contributed by atoms with van der Waals surface area (Å²) in [6.07, 6.45) is -7.38. The van der Waals surface area contributed by atoms with Crippen LogP contribution in [-0.2, 0) is 22.0 Å². The largest absolute Gasteiger partial charge is 0.425 e. The summed E-state index contributed by atoms with van der Waals surface area (Å²) in [6, 6.07) is 0. The van der Waals surface area contributed by atoms with Gasteiger partial charge in [-0.25, -0.2) is 13.2 Å². The molecule has 4 nitrogen and oxygen atoms in total. The Labute approximate surface area is 159 Å². The molecule has 4 saturated carbocycles. The van der Waals surface area contributed by atoms with Crippen LogP contribution in [0.15, 0.2) is 4.52 Å². The van der Waals surface area contributed by atoms with Gasteiger partial charge in [-0.15, -0.1) is 0 Å². The molecule has 0 spiro atoms. The van der Waals surface area contributed by atoms with Crippen molar-refractivity contribution >= 4 is 10.8 Å². The molecule has 1 aromatic rings. The summed E-state index contributed by atoms with van der Waals surface area (Å²) in [4.78, 5) is 4.22. The topological polar surface area (TPSA) is 56.0 Å². The Kier molecular flexibility index (Phi) is 4.45. The molecule has 28 heavy (non-hydrogen) atoms. The molecule has 5 rings (SSSR count). The molecule has 0 saturated heterocycles. The zero-order chi connectivity index (χ0) is 20.5. The summed E-state index contributed by atoms with van der Waals surface area (Å²) >= 11 is 0. The van der Waals surface area contributed by atoms with Crippen molar-refractivity contribution in [2.45, 2.75) is 68.0 Å². The Balaban J connectivity index is 1.71. The fraction of sp³-hybridized carbons (Fsp3) is 0.882. The van der Waals surface area contributed by atoms with E-state index in [9.17, 15) is 30.6 Å². The molecule has 4 bridgehead atoms. The lowest BCUT2D eigenvalue weighted by molar-refractivity contribution is -0.303. The van der Waals surface area contributed by atoms with E-state index in [1.807, 2.05) is 0 Å². The molecule has 1 heterocycles. The first-order valence-electron chi connectivity index (χ1n) is 9.09. The zero-order valence-electron chi connectivity index (χ0n) is 15.1. The first-order chi connectivity index (χ1) is 12.9. The minimum atomic E-state index is -5.62. The van der Waals surface area contributed by atoms with Gasteiger partial charge in [-0.1, -0.05) is 5.16 Å². The van der Waals surface area contributed by atoms with Gasteiger partial charge in [0.2, 0.25) is 5.89 Å². The van der Waals surface area contributed by atoms with Crippen LogP contribution in [0.3, 0.4) is 0 Å². The van der Waals surface area contributed by atoms with E-state index in [1.165, 1.54) is 6.26 Å². The van der Waals surface area contributed by atoms with E-state index in [4.69, 9.17) is 4.52 Å². The van der Waals surface area contributed by atoms with Gasteiger partial charge in [0.1, 0.15) is 0 Å². The molecule has 4 aliphatic rings. The standard InChI is InChI=1S/C17H20F6N2O2S/c1-28(26)7-11-24-13(27-25-11)14-3-9-2-10(4-14)6-15(5-9,8-14)16(19,20)12(18)17(21,22)23/h9-10,12H,2-8H2,1H3. The summed E-state index contributed by atoms with van der Waals surface area (Å²) in [6.45, 7) is 0. The van der Waals surface area contributed by atoms with Gasteiger partial charge in [0.05, 0.1) is 11.2 Å². The Bertz CT molecular complexity index is 781. The lowest BCUT2D eigenvalue weighted by atomic mass is 9.42. The van der Waals surface area contributed by atoms with Crippen molar-refractivity contribution in [1.29, 1.82) is 0 Å². The van der Waals surface area contributed by atoms with Crippen LogP contribution in [0.1, 0.15) is 50.2 Å².